The maximum Gasteiger partial charge on any atom is 0.257 e. The number of aliphatic hydroxyl groups excluding tert-OH is 1. The summed E-state index contributed by atoms with van der Waals surface area (Å²) >= 11 is 0. The minimum atomic E-state index is -0.304. The number of benzene rings is 1. The van der Waals surface area contributed by atoms with Gasteiger partial charge in [0.15, 0.2) is 0 Å². The predicted molar refractivity (Wildman–Crippen MR) is 93.2 cm³/mol. The smallest absolute Gasteiger partial charge is 0.257 e. The summed E-state index contributed by atoms with van der Waals surface area (Å²) in [5.74, 6) is -0.338. The van der Waals surface area contributed by atoms with Crippen molar-refractivity contribution in [2.75, 3.05) is 19.7 Å². The summed E-state index contributed by atoms with van der Waals surface area (Å²) in [5.41, 5.74) is 1.98. The normalized spacial score (nSPS) is 16.9. The quantitative estimate of drug-likeness (QED) is 0.927. The maximum absolute atomic E-state index is 13.1. The third-order valence-corrected chi connectivity index (χ3v) is 5.51. The summed E-state index contributed by atoms with van der Waals surface area (Å²) in [5, 5.41) is 13.9. The Hall–Kier alpha value is -2.21. The molecule has 25 heavy (non-hydrogen) atoms. The van der Waals surface area contributed by atoms with Crippen molar-refractivity contribution in [3.05, 3.63) is 47.5 Å². The average Bonchev–Trinajstić information content (AvgIpc) is 3.03. The van der Waals surface area contributed by atoms with Crippen LogP contribution in [0.1, 0.15) is 42.2 Å². The first-order valence-corrected chi connectivity index (χ1v) is 8.70. The van der Waals surface area contributed by atoms with Gasteiger partial charge in [-0.25, -0.2) is 9.07 Å². The fourth-order valence-electron chi connectivity index (χ4n) is 3.44. The van der Waals surface area contributed by atoms with Crippen molar-refractivity contribution < 1.29 is 14.3 Å². The van der Waals surface area contributed by atoms with E-state index in [0.29, 0.717) is 18.7 Å². The van der Waals surface area contributed by atoms with E-state index in [2.05, 4.69) is 12.0 Å². The first kappa shape index (κ1) is 17.6. The van der Waals surface area contributed by atoms with Crippen molar-refractivity contribution in [1.29, 1.82) is 0 Å². The molecule has 0 atom stereocenters. The summed E-state index contributed by atoms with van der Waals surface area (Å²) in [6, 6.07) is 6.03. The molecule has 6 heteroatoms. The molecule has 0 spiro atoms. The van der Waals surface area contributed by atoms with E-state index in [0.717, 1.165) is 30.6 Å². The summed E-state index contributed by atoms with van der Waals surface area (Å²) in [4.78, 5) is 14.7. The van der Waals surface area contributed by atoms with Crippen LogP contribution in [0.2, 0.25) is 0 Å². The summed E-state index contributed by atoms with van der Waals surface area (Å²) in [6.45, 7) is 5.40. The van der Waals surface area contributed by atoms with Crippen LogP contribution in [-0.2, 0) is 0 Å². The number of piperidine rings is 1. The molecular formula is C19H24FN3O2. The number of amides is 1. The second-order valence-electron chi connectivity index (χ2n) is 6.84. The van der Waals surface area contributed by atoms with Crippen LogP contribution in [0.4, 0.5) is 4.39 Å². The Balaban J connectivity index is 1.77. The Morgan fingerprint density at radius 1 is 1.28 bits per heavy atom. The van der Waals surface area contributed by atoms with Gasteiger partial charge >= 0.3 is 0 Å². The number of carbonyl (C=O) groups is 1. The molecule has 0 unspecified atom stereocenters. The lowest BCUT2D eigenvalue weighted by Gasteiger charge is -2.40. The maximum atomic E-state index is 13.1. The molecule has 134 valence electrons. The molecule has 0 saturated carbocycles. The van der Waals surface area contributed by atoms with E-state index in [1.54, 1.807) is 23.0 Å². The van der Waals surface area contributed by atoms with E-state index in [1.165, 1.54) is 12.1 Å². The van der Waals surface area contributed by atoms with Crippen molar-refractivity contribution in [3.63, 3.8) is 0 Å². The van der Waals surface area contributed by atoms with Crippen molar-refractivity contribution in [1.82, 2.24) is 14.7 Å². The fraction of sp³-hybridized carbons (Fsp3) is 0.474. The lowest BCUT2D eigenvalue weighted by atomic mass is 9.77. The third-order valence-electron chi connectivity index (χ3n) is 5.51. The number of rotatable bonds is 4. The molecule has 1 aromatic heterocycles. The molecule has 1 aromatic carbocycles. The van der Waals surface area contributed by atoms with Crippen LogP contribution in [0.3, 0.4) is 0 Å². The number of nitrogens with zero attached hydrogens (tertiary/aromatic N) is 3. The molecule has 0 radical (unpaired) electrons. The molecule has 3 rings (SSSR count). The largest absolute Gasteiger partial charge is 0.396 e. The van der Waals surface area contributed by atoms with Gasteiger partial charge in [-0.3, -0.25) is 4.79 Å². The molecule has 1 amide bonds. The summed E-state index contributed by atoms with van der Waals surface area (Å²) < 4.78 is 14.7. The Morgan fingerprint density at radius 3 is 2.48 bits per heavy atom. The number of halogens is 1. The first-order valence-electron chi connectivity index (χ1n) is 8.70. The zero-order chi connectivity index (χ0) is 18.0. The van der Waals surface area contributed by atoms with Crippen LogP contribution in [-0.4, -0.2) is 45.4 Å². The highest BCUT2D eigenvalue weighted by Gasteiger charge is 2.34. The monoisotopic (exact) mass is 345 g/mol. The van der Waals surface area contributed by atoms with E-state index in [4.69, 9.17) is 0 Å². The lowest BCUT2D eigenvalue weighted by molar-refractivity contribution is 0.0337. The van der Waals surface area contributed by atoms with Gasteiger partial charge in [-0.2, -0.15) is 5.10 Å². The van der Waals surface area contributed by atoms with Crippen molar-refractivity contribution in [2.24, 2.45) is 5.41 Å². The first-order chi connectivity index (χ1) is 12.0. The number of likely N-dealkylation sites (tertiary alicyclic amines) is 1. The minimum absolute atomic E-state index is 0.0338. The molecule has 1 aliphatic heterocycles. The molecule has 1 aliphatic rings. The molecule has 1 N–H and O–H groups in total. The van der Waals surface area contributed by atoms with Gasteiger partial charge in [-0.15, -0.1) is 0 Å². The van der Waals surface area contributed by atoms with Crippen molar-refractivity contribution >= 4 is 5.91 Å². The molecule has 5 nitrogen and oxygen atoms in total. The Bertz CT molecular complexity index is 741. The number of carbonyl (C=O) groups excluding carboxylic acids is 1. The van der Waals surface area contributed by atoms with Gasteiger partial charge < -0.3 is 10.0 Å². The highest BCUT2D eigenvalue weighted by Crippen LogP contribution is 2.34. The number of hydrogen-bond donors (Lipinski definition) is 1. The van der Waals surface area contributed by atoms with Crippen LogP contribution in [0.25, 0.3) is 5.69 Å². The highest BCUT2D eigenvalue weighted by atomic mass is 19.1. The molecule has 0 bridgehead atoms. The molecule has 2 aromatic rings. The second-order valence-corrected chi connectivity index (χ2v) is 6.84. The summed E-state index contributed by atoms with van der Waals surface area (Å²) in [6.07, 6.45) is 4.13. The van der Waals surface area contributed by atoms with Gasteiger partial charge in [0.1, 0.15) is 5.82 Å². The van der Waals surface area contributed by atoms with E-state index < -0.39 is 0 Å². The van der Waals surface area contributed by atoms with Crippen LogP contribution >= 0.6 is 0 Å². The number of aliphatic hydroxyl groups is 1. The van der Waals surface area contributed by atoms with Gasteiger partial charge in [0.05, 0.1) is 23.1 Å². The van der Waals surface area contributed by atoms with E-state index in [-0.39, 0.29) is 23.7 Å². The topological polar surface area (TPSA) is 58.4 Å². The van der Waals surface area contributed by atoms with Crippen LogP contribution in [0.15, 0.2) is 30.5 Å². The number of hydrogen-bond acceptors (Lipinski definition) is 3. The van der Waals surface area contributed by atoms with Crippen molar-refractivity contribution in [2.45, 2.75) is 33.1 Å². The van der Waals surface area contributed by atoms with Crippen LogP contribution in [0, 0.1) is 18.2 Å². The van der Waals surface area contributed by atoms with Gasteiger partial charge in [-0.1, -0.05) is 6.92 Å². The summed E-state index contributed by atoms with van der Waals surface area (Å²) in [7, 11) is 0. The molecule has 1 saturated heterocycles. The van der Waals surface area contributed by atoms with Crippen LogP contribution in [0.5, 0.6) is 0 Å². The van der Waals surface area contributed by atoms with Crippen LogP contribution < -0.4 is 0 Å². The zero-order valence-electron chi connectivity index (χ0n) is 14.7. The molecule has 2 heterocycles. The Labute approximate surface area is 147 Å². The van der Waals surface area contributed by atoms with Gasteiger partial charge in [0.25, 0.3) is 5.91 Å². The Morgan fingerprint density at radius 2 is 1.92 bits per heavy atom. The average molecular weight is 345 g/mol. The molecule has 0 aliphatic carbocycles. The second kappa shape index (κ2) is 6.96. The molecular weight excluding hydrogens is 321 g/mol. The minimum Gasteiger partial charge on any atom is -0.396 e. The third kappa shape index (κ3) is 3.31. The van der Waals surface area contributed by atoms with Gasteiger partial charge in [-0.05, 0) is 55.9 Å². The van der Waals surface area contributed by atoms with Gasteiger partial charge in [0, 0.05) is 19.7 Å². The van der Waals surface area contributed by atoms with Crippen molar-refractivity contribution in [3.8, 4) is 5.69 Å². The number of aromatic nitrogens is 2. The Kier molecular flexibility index (Phi) is 4.90. The SMILES string of the molecule is CCC1(CO)CCN(C(=O)c2cnn(-c3ccc(F)cc3)c2C)CC1. The predicted octanol–water partition coefficient (Wildman–Crippen LogP) is 2.94. The van der Waals surface area contributed by atoms with E-state index >= 15 is 0 Å². The zero-order valence-corrected chi connectivity index (χ0v) is 14.7. The molecule has 1 fully saturated rings. The fourth-order valence-corrected chi connectivity index (χ4v) is 3.44. The standard InChI is InChI=1S/C19H24FN3O2/c1-3-19(13-24)8-10-22(11-9-19)18(25)17-12-21-23(14(17)2)16-6-4-15(20)5-7-16/h4-7,12,24H,3,8-11,13H2,1-2H3. The van der Waals surface area contributed by atoms with E-state index in [9.17, 15) is 14.3 Å². The lowest BCUT2D eigenvalue weighted by Crippen LogP contribution is -2.44. The van der Waals surface area contributed by atoms with E-state index in [1.807, 2.05) is 11.8 Å². The van der Waals surface area contributed by atoms with Gasteiger partial charge in [0.2, 0.25) is 0 Å². The highest BCUT2D eigenvalue weighted by molar-refractivity contribution is 5.95.